The number of hydrogen-bond donors (Lipinski definition) is 0. The van der Waals surface area contributed by atoms with Crippen LogP contribution in [-0.4, -0.2) is 5.16 Å². The molecule has 0 saturated carbocycles. The Hall–Kier alpha value is 0.0564. The number of fused-ring (bicyclic) bond motifs is 1. The van der Waals surface area contributed by atoms with E-state index in [0.717, 1.165) is 0 Å². The summed E-state index contributed by atoms with van der Waals surface area (Å²) in [5.41, 5.74) is 1.04. The first-order valence-corrected chi connectivity index (χ1v) is 2.82. The van der Waals surface area contributed by atoms with Crippen LogP contribution < -0.4 is 56.3 Å². The average Bonchev–Trinajstić information content (AvgIpc) is 2.34. The molecule has 0 aliphatic carbocycles. The van der Waals surface area contributed by atoms with Crippen molar-refractivity contribution in [2.45, 2.75) is 0 Å². The van der Waals surface area contributed by atoms with Crippen LogP contribution in [0.5, 0.6) is 0 Å². The van der Waals surface area contributed by atoms with E-state index in [-0.39, 0.29) is 52.8 Å². The fraction of sp³-hybridized carbons (Fsp3) is 0. The molecule has 0 bridgehead atoms. The third kappa shape index (κ3) is 1.62. The normalized spacial score (nSPS) is 9.45. The van der Waals surface area contributed by atoms with Gasteiger partial charge in [0.1, 0.15) is 0 Å². The molecule has 0 saturated heterocycles. The molecule has 2 aromatic rings. The maximum absolute atomic E-state index is 10.7. The van der Waals surface area contributed by atoms with Crippen LogP contribution in [0.4, 0.5) is 0 Å². The summed E-state index contributed by atoms with van der Waals surface area (Å²) < 4.78 is 4.33. The molecule has 52 valence electrons. The van der Waals surface area contributed by atoms with Crippen LogP contribution >= 0.6 is 0 Å². The molecule has 2 rings (SSSR count). The van der Waals surface area contributed by atoms with Crippen molar-refractivity contribution in [2.75, 3.05) is 0 Å². The van der Waals surface area contributed by atoms with Gasteiger partial charge in [0.15, 0.2) is 0 Å². The first-order valence-electron chi connectivity index (χ1n) is 2.82. The number of benzene rings is 1. The molecule has 1 aromatic heterocycles. The number of para-hydroxylation sites is 1. The quantitative estimate of drug-likeness (QED) is 0.331. The van der Waals surface area contributed by atoms with Crippen LogP contribution in [0.25, 0.3) is 11.0 Å². The molecule has 4 nitrogen and oxygen atoms in total. The molecular formula is C6H5KN2O2. The van der Waals surface area contributed by atoms with Crippen LogP contribution in [0, 0.1) is 5.21 Å². The zero-order valence-electron chi connectivity index (χ0n) is 7.02. The molecule has 5 heteroatoms. The molecule has 0 atom stereocenters. The predicted molar refractivity (Wildman–Crippen MR) is 34.1 cm³/mol. The Morgan fingerprint density at radius 3 is 2.91 bits per heavy atom. The maximum atomic E-state index is 10.7. The predicted octanol–water partition coefficient (Wildman–Crippen LogP) is -2.42. The minimum Gasteiger partial charge on any atom is -1.00 e. The van der Waals surface area contributed by atoms with Crippen molar-refractivity contribution in [1.82, 2.24) is 5.16 Å². The van der Waals surface area contributed by atoms with Crippen molar-refractivity contribution < 1.29 is 62.3 Å². The van der Waals surface area contributed by atoms with E-state index in [0.29, 0.717) is 15.9 Å². The largest absolute Gasteiger partial charge is 1.00 e. The smallest absolute Gasteiger partial charge is 1.00 e. The van der Waals surface area contributed by atoms with Gasteiger partial charge < -0.3 is 6.63 Å². The van der Waals surface area contributed by atoms with Crippen molar-refractivity contribution in [3.63, 3.8) is 0 Å². The van der Waals surface area contributed by atoms with Gasteiger partial charge in [-0.1, -0.05) is 12.1 Å². The Labute approximate surface area is 107 Å². The second-order valence-electron chi connectivity index (χ2n) is 1.92. The number of hydrogen-bond acceptors (Lipinski definition) is 3. The van der Waals surface area contributed by atoms with E-state index in [1.165, 1.54) is 0 Å². The van der Waals surface area contributed by atoms with Crippen LogP contribution in [0.2, 0.25) is 0 Å². The third-order valence-corrected chi connectivity index (χ3v) is 1.29. The minimum absolute atomic E-state index is 0. The van der Waals surface area contributed by atoms with Crippen LogP contribution in [0.1, 0.15) is 1.43 Å². The van der Waals surface area contributed by atoms with E-state index < -0.39 is 0 Å². The fourth-order valence-corrected chi connectivity index (χ4v) is 0.821. The summed E-state index contributed by atoms with van der Waals surface area (Å²) in [6, 6.07) is 6.92. The van der Waals surface area contributed by atoms with Gasteiger partial charge in [0.05, 0.1) is 0 Å². The molecule has 0 fully saturated rings. The summed E-state index contributed by atoms with van der Waals surface area (Å²) in [6.07, 6.45) is 0. The SMILES string of the molecule is [H-].[K+].[O-][n+]1onc2ccccc21. The standard InChI is InChI=1S/C6H4N2O2.K.H/c9-8-6-4-2-1-3-5(6)7-10-8;;/h1-4H;;/q;+1;-1. The zero-order valence-corrected chi connectivity index (χ0v) is 9.14. The molecule has 0 aliphatic heterocycles. The van der Waals surface area contributed by atoms with Gasteiger partial charge in [-0.25, -0.2) is 0 Å². The van der Waals surface area contributed by atoms with Gasteiger partial charge in [0.2, 0.25) is 11.0 Å². The minimum atomic E-state index is 0. The second kappa shape index (κ2) is 3.64. The van der Waals surface area contributed by atoms with Crippen molar-refractivity contribution in [2.24, 2.45) is 0 Å². The Balaban J connectivity index is 0.000000605. The van der Waals surface area contributed by atoms with Crippen molar-refractivity contribution in [1.29, 1.82) is 0 Å². The second-order valence-corrected chi connectivity index (χ2v) is 1.92. The molecule has 0 spiro atoms. The summed E-state index contributed by atoms with van der Waals surface area (Å²) in [5.74, 6) is 0. The zero-order chi connectivity index (χ0) is 6.97. The van der Waals surface area contributed by atoms with E-state index in [1.807, 2.05) is 0 Å². The summed E-state index contributed by atoms with van der Waals surface area (Å²) in [7, 11) is 0. The van der Waals surface area contributed by atoms with Crippen LogP contribution in [0.15, 0.2) is 28.9 Å². The molecule has 1 heterocycles. The van der Waals surface area contributed by atoms with Gasteiger partial charge in [-0.05, 0) is 17.0 Å². The molecular weight excluding hydrogens is 171 g/mol. The van der Waals surface area contributed by atoms with E-state index in [4.69, 9.17) is 0 Å². The van der Waals surface area contributed by atoms with Crippen LogP contribution in [0.3, 0.4) is 0 Å². The first-order chi connectivity index (χ1) is 4.88. The molecule has 1 aromatic carbocycles. The molecule has 0 N–H and O–H groups in total. The Morgan fingerprint density at radius 1 is 1.45 bits per heavy atom. The molecule has 11 heavy (non-hydrogen) atoms. The van der Waals surface area contributed by atoms with Gasteiger partial charge in [0.25, 0.3) is 0 Å². The van der Waals surface area contributed by atoms with Crippen LogP contribution in [-0.2, 0) is 0 Å². The van der Waals surface area contributed by atoms with E-state index in [2.05, 4.69) is 9.79 Å². The Bertz CT molecular complexity index is 365. The fourth-order valence-electron chi connectivity index (χ4n) is 0.821. The molecule has 0 unspecified atom stereocenters. The van der Waals surface area contributed by atoms with E-state index >= 15 is 0 Å². The first kappa shape index (κ1) is 9.15. The summed E-state index contributed by atoms with van der Waals surface area (Å²) in [4.78, 5) is 0.384. The Morgan fingerprint density at radius 2 is 2.18 bits per heavy atom. The van der Waals surface area contributed by atoms with Crippen molar-refractivity contribution in [3.05, 3.63) is 29.5 Å². The van der Waals surface area contributed by atoms with Gasteiger partial charge in [-0.15, -0.1) is 0 Å². The number of aromatic nitrogens is 2. The molecule has 0 amide bonds. The van der Waals surface area contributed by atoms with E-state index in [1.54, 1.807) is 24.3 Å². The average molecular weight is 176 g/mol. The molecule has 0 aliphatic rings. The number of rotatable bonds is 0. The summed E-state index contributed by atoms with van der Waals surface area (Å²) in [5, 5.41) is 14.2. The van der Waals surface area contributed by atoms with Crippen molar-refractivity contribution in [3.8, 4) is 0 Å². The summed E-state index contributed by atoms with van der Waals surface area (Å²) >= 11 is 0. The maximum Gasteiger partial charge on any atom is 1.00 e. The number of nitrogens with zero attached hydrogens (tertiary/aromatic N) is 2. The third-order valence-electron chi connectivity index (χ3n) is 1.29. The monoisotopic (exact) mass is 176 g/mol. The van der Waals surface area contributed by atoms with Gasteiger partial charge >= 0.3 is 51.4 Å². The van der Waals surface area contributed by atoms with Gasteiger partial charge in [0, 0.05) is 5.16 Å². The molecule has 0 radical (unpaired) electrons. The van der Waals surface area contributed by atoms with Crippen molar-refractivity contribution >= 4 is 11.0 Å². The van der Waals surface area contributed by atoms with Gasteiger partial charge in [-0.3, -0.25) is 4.63 Å². The van der Waals surface area contributed by atoms with E-state index in [9.17, 15) is 5.21 Å². The Kier molecular flexibility index (Phi) is 3.03. The topological polar surface area (TPSA) is 53.0 Å². The summed E-state index contributed by atoms with van der Waals surface area (Å²) in [6.45, 7) is 0. The van der Waals surface area contributed by atoms with Gasteiger partial charge in [-0.2, -0.15) is 0 Å².